The minimum atomic E-state index is -0.328. The Morgan fingerprint density at radius 2 is 2.22 bits per heavy atom. The average Bonchev–Trinajstić information content (AvgIpc) is 2.73. The number of rotatable bonds is 5. The second-order valence-electron chi connectivity index (χ2n) is 3.83. The van der Waals surface area contributed by atoms with E-state index in [0.29, 0.717) is 11.4 Å². The molecule has 0 bridgehead atoms. The predicted molar refractivity (Wildman–Crippen MR) is 68.5 cm³/mol. The first kappa shape index (κ1) is 12.8. The highest BCUT2D eigenvalue weighted by molar-refractivity contribution is 7.98. The van der Waals surface area contributed by atoms with E-state index < -0.39 is 0 Å². The van der Waals surface area contributed by atoms with E-state index in [9.17, 15) is 4.39 Å². The van der Waals surface area contributed by atoms with E-state index in [-0.39, 0.29) is 5.82 Å². The molecule has 7 heteroatoms. The number of thioether (sulfide) groups is 1. The summed E-state index contributed by atoms with van der Waals surface area (Å²) in [6.07, 6.45) is 0.968. The highest BCUT2D eigenvalue weighted by Crippen LogP contribution is 2.24. The number of aromatic nitrogens is 4. The first-order valence-corrected chi connectivity index (χ1v) is 6.61. The van der Waals surface area contributed by atoms with Crippen LogP contribution in [0.25, 0.3) is 0 Å². The fourth-order valence-corrected chi connectivity index (χ4v) is 2.45. The number of tetrazole rings is 1. The second-order valence-corrected chi connectivity index (χ2v) is 4.88. The van der Waals surface area contributed by atoms with Crippen LogP contribution >= 0.6 is 11.8 Å². The maximum atomic E-state index is 13.2. The summed E-state index contributed by atoms with van der Waals surface area (Å²) in [5.41, 5.74) is 6.01. The number of anilines is 1. The van der Waals surface area contributed by atoms with Gasteiger partial charge >= 0.3 is 0 Å². The van der Waals surface area contributed by atoms with Crippen molar-refractivity contribution in [1.82, 2.24) is 20.2 Å². The molecule has 0 aliphatic heterocycles. The molecule has 0 spiro atoms. The summed E-state index contributed by atoms with van der Waals surface area (Å²) in [5.74, 6) is 1.05. The van der Waals surface area contributed by atoms with Gasteiger partial charge in [-0.15, -0.1) is 16.9 Å². The quantitative estimate of drug-likeness (QED) is 0.663. The van der Waals surface area contributed by atoms with Crippen LogP contribution in [0.5, 0.6) is 0 Å². The maximum Gasteiger partial charge on any atom is 0.161 e. The number of halogens is 1. The van der Waals surface area contributed by atoms with Crippen LogP contribution in [0.2, 0.25) is 0 Å². The molecule has 18 heavy (non-hydrogen) atoms. The number of hydrogen-bond donors (Lipinski definition) is 1. The Labute approximate surface area is 109 Å². The lowest BCUT2D eigenvalue weighted by molar-refractivity contribution is 0.564. The highest BCUT2D eigenvalue weighted by atomic mass is 32.2. The number of nitrogens with two attached hydrogens (primary N) is 1. The van der Waals surface area contributed by atoms with Crippen molar-refractivity contribution < 1.29 is 4.39 Å². The minimum absolute atomic E-state index is 0.328. The third-order valence-electron chi connectivity index (χ3n) is 2.30. The lowest BCUT2D eigenvalue weighted by Crippen LogP contribution is -2.04. The molecule has 0 aliphatic rings. The Morgan fingerprint density at radius 1 is 1.39 bits per heavy atom. The maximum absolute atomic E-state index is 13.2. The molecule has 0 fully saturated rings. The molecule has 2 N–H and O–H groups in total. The molecule has 2 aromatic rings. The van der Waals surface area contributed by atoms with Gasteiger partial charge in [0.1, 0.15) is 5.82 Å². The van der Waals surface area contributed by atoms with Crippen LogP contribution in [0.1, 0.15) is 19.2 Å². The summed E-state index contributed by atoms with van der Waals surface area (Å²) in [6.45, 7) is 2.85. The van der Waals surface area contributed by atoms with E-state index >= 15 is 0 Å². The zero-order valence-corrected chi connectivity index (χ0v) is 10.8. The van der Waals surface area contributed by atoms with E-state index in [2.05, 4.69) is 22.4 Å². The largest absolute Gasteiger partial charge is 0.399 e. The lowest BCUT2D eigenvalue weighted by Gasteiger charge is -2.04. The van der Waals surface area contributed by atoms with Gasteiger partial charge in [0.25, 0.3) is 0 Å². The number of nitrogen functional groups attached to an aromatic ring is 1. The van der Waals surface area contributed by atoms with Gasteiger partial charge in [0.15, 0.2) is 5.82 Å². The number of aryl methyl sites for hydroxylation is 1. The minimum Gasteiger partial charge on any atom is -0.399 e. The molecule has 0 radical (unpaired) electrons. The van der Waals surface area contributed by atoms with E-state index in [1.165, 1.54) is 23.9 Å². The summed E-state index contributed by atoms with van der Waals surface area (Å²) < 4.78 is 14.9. The Balaban J connectivity index is 2.04. The predicted octanol–water partition coefficient (Wildman–Crippen LogP) is 2.10. The third kappa shape index (κ3) is 3.19. The molecule has 96 valence electrons. The van der Waals surface area contributed by atoms with E-state index in [1.807, 2.05) is 0 Å². The zero-order valence-electron chi connectivity index (χ0n) is 10.0. The topological polar surface area (TPSA) is 69.6 Å². The van der Waals surface area contributed by atoms with Crippen LogP contribution in [-0.4, -0.2) is 20.2 Å². The Hall–Kier alpha value is -1.63. The lowest BCUT2D eigenvalue weighted by atomic mass is 10.3. The van der Waals surface area contributed by atoms with Crippen molar-refractivity contribution >= 4 is 17.4 Å². The van der Waals surface area contributed by atoms with Crippen molar-refractivity contribution in [2.24, 2.45) is 0 Å². The molecule has 1 aromatic carbocycles. The molecule has 2 rings (SSSR count). The van der Waals surface area contributed by atoms with Gasteiger partial charge in [-0.2, -0.15) is 0 Å². The SMILES string of the molecule is CCCn1nnnc1CSc1cc(N)cc(F)c1. The average molecular weight is 267 g/mol. The summed E-state index contributed by atoms with van der Waals surface area (Å²) in [6, 6.07) is 4.49. The Kier molecular flexibility index (Phi) is 4.14. The first-order valence-electron chi connectivity index (χ1n) is 5.63. The molecule has 0 atom stereocenters. The van der Waals surface area contributed by atoms with Crippen LogP contribution < -0.4 is 5.73 Å². The van der Waals surface area contributed by atoms with Crippen LogP contribution in [0.4, 0.5) is 10.1 Å². The van der Waals surface area contributed by atoms with Gasteiger partial charge in [-0.3, -0.25) is 0 Å². The van der Waals surface area contributed by atoms with Gasteiger partial charge in [0, 0.05) is 17.1 Å². The van der Waals surface area contributed by atoms with Crippen molar-refractivity contribution in [2.45, 2.75) is 30.5 Å². The van der Waals surface area contributed by atoms with E-state index in [4.69, 9.17) is 5.73 Å². The van der Waals surface area contributed by atoms with Crippen LogP contribution in [0.15, 0.2) is 23.1 Å². The molecule has 0 aliphatic carbocycles. The number of benzene rings is 1. The molecule has 1 aromatic heterocycles. The second kappa shape index (κ2) is 5.81. The molecule has 5 nitrogen and oxygen atoms in total. The van der Waals surface area contributed by atoms with Gasteiger partial charge < -0.3 is 5.73 Å². The smallest absolute Gasteiger partial charge is 0.161 e. The van der Waals surface area contributed by atoms with Gasteiger partial charge in [-0.05, 0) is 35.0 Å². The van der Waals surface area contributed by atoms with Crippen LogP contribution in [0, 0.1) is 5.82 Å². The van der Waals surface area contributed by atoms with Crippen molar-refractivity contribution in [3.05, 3.63) is 29.8 Å². The van der Waals surface area contributed by atoms with Crippen molar-refractivity contribution in [3.8, 4) is 0 Å². The molecular weight excluding hydrogens is 253 g/mol. The standard InChI is InChI=1S/C11H14FN5S/c1-2-3-17-11(14-15-16-17)7-18-10-5-8(12)4-9(13)6-10/h4-6H,2-3,7,13H2,1H3. The number of hydrogen-bond acceptors (Lipinski definition) is 5. The zero-order chi connectivity index (χ0) is 13.0. The third-order valence-corrected chi connectivity index (χ3v) is 3.27. The van der Waals surface area contributed by atoms with Gasteiger partial charge in [-0.25, -0.2) is 9.07 Å². The monoisotopic (exact) mass is 267 g/mol. The van der Waals surface area contributed by atoms with Crippen LogP contribution in [-0.2, 0) is 12.3 Å². The summed E-state index contributed by atoms with van der Waals surface area (Å²) >= 11 is 1.46. The van der Waals surface area contributed by atoms with E-state index in [0.717, 1.165) is 23.7 Å². The molecule has 0 saturated heterocycles. The van der Waals surface area contributed by atoms with Crippen molar-refractivity contribution in [3.63, 3.8) is 0 Å². The van der Waals surface area contributed by atoms with Crippen molar-refractivity contribution in [2.75, 3.05) is 5.73 Å². The summed E-state index contributed by atoms with van der Waals surface area (Å²) in [7, 11) is 0. The van der Waals surface area contributed by atoms with Crippen LogP contribution in [0.3, 0.4) is 0 Å². The Morgan fingerprint density at radius 3 is 2.94 bits per heavy atom. The molecule has 0 amide bonds. The fraction of sp³-hybridized carbons (Fsp3) is 0.364. The van der Waals surface area contributed by atoms with Gasteiger partial charge in [-0.1, -0.05) is 6.92 Å². The van der Waals surface area contributed by atoms with Crippen molar-refractivity contribution in [1.29, 1.82) is 0 Å². The molecular formula is C11H14FN5S. The molecule has 1 heterocycles. The highest BCUT2D eigenvalue weighted by Gasteiger charge is 2.07. The van der Waals surface area contributed by atoms with E-state index in [1.54, 1.807) is 10.7 Å². The Bertz CT molecular complexity index is 508. The molecule has 0 saturated carbocycles. The molecule has 0 unspecified atom stereocenters. The normalized spacial score (nSPS) is 10.8. The number of nitrogens with zero attached hydrogens (tertiary/aromatic N) is 4. The summed E-state index contributed by atoms with van der Waals surface area (Å²) in [4.78, 5) is 0.776. The van der Waals surface area contributed by atoms with Gasteiger partial charge in [0.2, 0.25) is 0 Å². The first-order chi connectivity index (χ1) is 8.69. The van der Waals surface area contributed by atoms with Gasteiger partial charge in [0.05, 0.1) is 5.75 Å². The summed E-state index contributed by atoms with van der Waals surface area (Å²) in [5, 5.41) is 11.5. The fourth-order valence-electron chi connectivity index (χ4n) is 1.53.